The van der Waals surface area contributed by atoms with Gasteiger partial charge in [0.05, 0.1) is 38.2 Å². The van der Waals surface area contributed by atoms with Crippen molar-refractivity contribution in [3.05, 3.63) is 115 Å². The van der Waals surface area contributed by atoms with Gasteiger partial charge in [0.1, 0.15) is 0 Å². The predicted octanol–water partition coefficient (Wildman–Crippen LogP) is 7.05. The fraction of sp³-hybridized carbons (Fsp3) is 0.520. The van der Waals surface area contributed by atoms with Gasteiger partial charge in [-0.25, -0.2) is 0 Å². The van der Waals surface area contributed by atoms with Gasteiger partial charge in [-0.1, -0.05) is 107 Å². The first-order chi connectivity index (χ1) is 35.1. The lowest BCUT2D eigenvalue weighted by molar-refractivity contribution is 0.0823. The topological polar surface area (TPSA) is 302 Å². The molecule has 4 aliphatic rings. The Labute approximate surface area is 482 Å². The Morgan fingerprint density at radius 3 is 1.01 bits per heavy atom. The van der Waals surface area contributed by atoms with Gasteiger partial charge in [-0.05, 0) is 107 Å². The Morgan fingerprint density at radius 1 is 0.481 bits per heavy atom. The van der Waals surface area contributed by atoms with Gasteiger partial charge in [0.2, 0.25) is 0 Å². The summed E-state index contributed by atoms with van der Waals surface area (Å²) in [7, 11) is -14.7. The van der Waals surface area contributed by atoms with Gasteiger partial charge in [-0.3, -0.25) is 37.8 Å². The second-order valence-corrected chi connectivity index (χ2v) is 29.0. The van der Waals surface area contributed by atoms with Crippen molar-refractivity contribution in [1.82, 2.24) is 19.6 Å². The van der Waals surface area contributed by atoms with Crippen molar-refractivity contribution in [3.8, 4) is 0 Å². The molecule has 0 saturated carbocycles. The molecule has 0 aromatic heterocycles. The Morgan fingerprint density at radius 2 is 0.753 bits per heavy atom. The van der Waals surface area contributed by atoms with Crippen LogP contribution >= 0.6 is 55.4 Å². The molecule has 8 N–H and O–H groups in total. The standard InChI is InChI=1S/2C23H29BrN2OS.4CH4O3S.H2O/c2*1-16(2)17-3-5-23-20(14-17)21(26-9-7-25(8-10-26)11-12-27)15-18-13-19(24)4-6-22(18)28-23;4*1-5(2,3)4;/h2*3-6,13-14,16,21,27H,7-12,15H2,1-2H3;4*1H3,(H,2,3,4);1H2. The van der Waals surface area contributed by atoms with Gasteiger partial charge in [0, 0.05) is 106 Å². The molecule has 436 valence electrons. The maximum Gasteiger partial charge on any atom is 0.261 e. The van der Waals surface area contributed by atoms with E-state index in [2.05, 4.69) is 152 Å². The van der Waals surface area contributed by atoms with Crippen LogP contribution in [0, 0.1) is 0 Å². The number of aliphatic hydroxyl groups excluding tert-OH is 2. The Balaban J connectivity index is 0.000000387. The molecule has 19 nitrogen and oxygen atoms in total. The summed E-state index contributed by atoms with van der Waals surface area (Å²) in [4.78, 5) is 15.6. The van der Waals surface area contributed by atoms with E-state index in [-0.39, 0.29) is 18.7 Å². The van der Waals surface area contributed by atoms with E-state index in [0.29, 0.717) is 48.9 Å². The molecule has 77 heavy (non-hydrogen) atoms. The van der Waals surface area contributed by atoms with Crippen molar-refractivity contribution >= 4 is 95.9 Å². The van der Waals surface area contributed by atoms with E-state index in [1.54, 1.807) is 0 Å². The molecule has 4 aromatic rings. The third-order valence-electron chi connectivity index (χ3n) is 12.0. The minimum Gasteiger partial charge on any atom is -0.412 e. The average molecular weight is 1330 g/mol. The van der Waals surface area contributed by atoms with Crippen LogP contribution in [-0.2, 0) is 53.3 Å². The van der Waals surface area contributed by atoms with Gasteiger partial charge in [-0.2, -0.15) is 33.7 Å². The van der Waals surface area contributed by atoms with Gasteiger partial charge in [0.15, 0.2) is 0 Å². The molecule has 2 fully saturated rings. The van der Waals surface area contributed by atoms with Crippen molar-refractivity contribution in [2.45, 2.75) is 84.0 Å². The largest absolute Gasteiger partial charge is 0.412 e. The number of benzene rings is 4. The van der Waals surface area contributed by atoms with E-state index in [9.17, 15) is 43.9 Å². The van der Waals surface area contributed by atoms with Crippen LogP contribution in [0.3, 0.4) is 0 Å². The third kappa shape index (κ3) is 28.4. The lowest BCUT2D eigenvalue weighted by Gasteiger charge is -2.39. The second-order valence-electron chi connectivity index (χ2n) is 19.2. The summed E-state index contributed by atoms with van der Waals surface area (Å²) in [6.07, 6.45) is 4.96. The van der Waals surface area contributed by atoms with Crippen LogP contribution < -0.4 is 0 Å². The highest BCUT2D eigenvalue weighted by Crippen LogP contribution is 2.46. The monoisotopic (exact) mass is 1320 g/mol. The summed E-state index contributed by atoms with van der Waals surface area (Å²) in [5, 5.41) is 18.5. The van der Waals surface area contributed by atoms with E-state index in [1.165, 1.54) is 53.0 Å². The van der Waals surface area contributed by atoms with Crippen LogP contribution in [-0.4, -0.2) is 191 Å². The summed E-state index contributed by atoms with van der Waals surface area (Å²) in [6.45, 7) is 19.6. The highest BCUT2D eigenvalue weighted by Gasteiger charge is 2.32. The summed E-state index contributed by atoms with van der Waals surface area (Å²) < 4.78 is 106. The number of hydrogen-bond acceptors (Lipinski definition) is 16. The Kier molecular flexibility index (Phi) is 30.0. The molecular formula is C50H76Br2N4O15S6. The van der Waals surface area contributed by atoms with Crippen molar-refractivity contribution < 1.29 is 67.6 Å². The van der Waals surface area contributed by atoms with E-state index >= 15 is 0 Å². The molecule has 0 radical (unpaired) electrons. The SMILES string of the molecule is CC(C)c1ccc2c(c1)C(N1CCN(CCO)CC1)Cc1cc(Br)ccc1S2.CC(C)c1ccc2c(c1)C(N1CCN(CCO)CC1)Cc1cc(Br)ccc1S2.CS(=O)(=O)O.CS(=O)(=O)O.CS(=O)(=O)O.CS(=O)(=O)O.O. The first-order valence-electron chi connectivity index (χ1n) is 24.1. The molecule has 2 unspecified atom stereocenters. The molecule has 2 atom stereocenters. The maximum atomic E-state index is 9.26. The number of halogens is 2. The quantitative estimate of drug-likeness (QED) is 0.0963. The molecule has 27 heteroatoms. The van der Waals surface area contributed by atoms with Crippen LogP contribution in [0.25, 0.3) is 0 Å². The summed E-state index contributed by atoms with van der Waals surface area (Å²) >= 11 is 11.2. The van der Waals surface area contributed by atoms with Crippen molar-refractivity contribution in [2.24, 2.45) is 0 Å². The molecule has 0 aliphatic carbocycles. The number of piperazine rings is 2. The number of fused-ring (bicyclic) bond motifs is 4. The molecule has 2 saturated heterocycles. The molecule has 8 rings (SSSR count). The maximum absolute atomic E-state index is 9.26. The van der Waals surface area contributed by atoms with E-state index < -0.39 is 40.5 Å². The molecule has 4 heterocycles. The summed E-state index contributed by atoms with van der Waals surface area (Å²) in [5.41, 5.74) is 8.69. The molecule has 4 aliphatic heterocycles. The number of β-amino-alcohol motifs (C(OH)–C–C–N with tert-alkyl or cyclic N) is 2. The molecular weight excluding hydrogens is 1250 g/mol. The Bertz CT molecular complexity index is 2670. The first kappa shape index (κ1) is 71.0. The van der Waals surface area contributed by atoms with Crippen LogP contribution in [0.4, 0.5) is 0 Å². The van der Waals surface area contributed by atoms with Crippen molar-refractivity contribution in [2.75, 3.05) is 104 Å². The van der Waals surface area contributed by atoms with Crippen LogP contribution in [0.1, 0.15) is 85.0 Å². The predicted molar refractivity (Wildman–Crippen MR) is 314 cm³/mol. The third-order valence-corrected chi connectivity index (χ3v) is 15.4. The number of hydrogen-bond donors (Lipinski definition) is 6. The normalized spacial score (nSPS) is 18.1. The fourth-order valence-corrected chi connectivity index (χ4v) is 11.6. The van der Waals surface area contributed by atoms with E-state index in [1.807, 2.05) is 23.5 Å². The second kappa shape index (κ2) is 32.5. The number of rotatable bonds is 8. The van der Waals surface area contributed by atoms with Crippen molar-refractivity contribution in [1.29, 1.82) is 0 Å². The van der Waals surface area contributed by atoms with E-state index in [4.69, 9.17) is 18.2 Å². The number of aliphatic hydroxyl groups is 2. The molecule has 0 spiro atoms. The molecule has 0 bridgehead atoms. The molecule has 0 amide bonds. The fourth-order valence-electron chi connectivity index (χ4n) is 8.58. The highest BCUT2D eigenvalue weighted by atomic mass is 79.9. The smallest absolute Gasteiger partial charge is 0.261 e. The van der Waals surface area contributed by atoms with Gasteiger partial charge >= 0.3 is 0 Å². The zero-order valence-corrected chi connectivity index (χ0v) is 52.7. The van der Waals surface area contributed by atoms with Crippen LogP contribution in [0.2, 0.25) is 0 Å². The Hall–Kier alpha value is -2.10. The van der Waals surface area contributed by atoms with Crippen LogP contribution in [0.15, 0.2) is 101 Å². The molecule has 4 aromatic carbocycles. The first-order valence-corrected chi connectivity index (χ1v) is 34.8. The van der Waals surface area contributed by atoms with E-state index in [0.717, 1.165) is 87.2 Å². The lowest BCUT2D eigenvalue weighted by Crippen LogP contribution is -2.48. The minimum atomic E-state index is -3.67. The van der Waals surface area contributed by atoms with Crippen molar-refractivity contribution in [3.63, 3.8) is 0 Å². The zero-order valence-electron chi connectivity index (χ0n) is 44.6. The summed E-state index contributed by atoms with van der Waals surface area (Å²) in [5.74, 6) is 1.08. The van der Waals surface area contributed by atoms with Gasteiger partial charge < -0.3 is 15.7 Å². The van der Waals surface area contributed by atoms with Gasteiger partial charge in [-0.15, -0.1) is 0 Å². The number of nitrogens with zero attached hydrogens (tertiary/aromatic N) is 4. The average Bonchev–Trinajstić information content (AvgIpc) is 3.55. The highest BCUT2D eigenvalue weighted by molar-refractivity contribution is 9.10. The zero-order chi connectivity index (χ0) is 57.3. The van der Waals surface area contributed by atoms with Gasteiger partial charge in [0.25, 0.3) is 40.5 Å². The summed E-state index contributed by atoms with van der Waals surface area (Å²) in [6, 6.07) is 28.4. The minimum absolute atomic E-state index is 0. The lowest BCUT2D eigenvalue weighted by atomic mass is 9.93. The van der Waals surface area contributed by atoms with Crippen LogP contribution in [0.5, 0.6) is 0 Å².